The number of carbonyl (C=O) groups is 1. The lowest BCUT2D eigenvalue weighted by Gasteiger charge is -2.15. The van der Waals surface area contributed by atoms with Crippen LogP contribution in [0.5, 0.6) is 5.75 Å². The predicted molar refractivity (Wildman–Crippen MR) is 133 cm³/mol. The molecular weight excluding hydrogens is 418 g/mol. The van der Waals surface area contributed by atoms with Crippen LogP contribution in [0.2, 0.25) is 0 Å². The molecule has 3 aromatic carbocycles. The first-order valence-electron chi connectivity index (χ1n) is 10.8. The van der Waals surface area contributed by atoms with E-state index in [1.807, 2.05) is 74.5 Å². The van der Waals surface area contributed by atoms with Crippen molar-refractivity contribution in [1.82, 2.24) is 9.69 Å². The largest absolute Gasteiger partial charge is 0.490 e. The van der Waals surface area contributed by atoms with Crippen LogP contribution in [0.1, 0.15) is 30.6 Å². The highest BCUT2D eigenvalue weighted by molar-refractivity contribution is 7.13. The van der Waals surface area contributed by atoms with E-state index < -0.39 is 0 Å². The van der Waals surface area contributed by atoms with Crippen LogP contribution in [-0.2, 0) is 0 Å². The molecule has 0 unspecified atom stereocenters. The van der Waals surface area contributed by atoms with E-state index in [-0.39, 0.29) is 12.0 Å². The Balaban J connectivity index is 1.32. The number of para-hydroxylation sites is 1. The van der Waals surface area contributed by atoms with Gasteiger partial charge in [0.15, 0.2) is 0 Å². The van der Waals surface area contributed by atoms with Gasteiger partial charge in [-0.15, -0.1) is 0 Å². The van der Waals surface area contributed by atoms with Crippen molar-refractivity contribution in [2.24, 2.45) is 0 Å². The Morgan fingerprint density at radius 2 is 1.81 bits per heavy atom. The number of hydrogen-bond donors (Lipinski definition) is 2. The summed E-state index contributed by atoms with van der Waals surface area (Å²) in [4.78, 5) is 12.7. The van der Waals surface area contributed by atoms with Crippen LogP contribution >= 0.6 is 11.5 Å². The summed E-state index contributed by atoms with van der Waals surface area (Å²) in [5.74, 6) is 1.65. The lowest BCUT2D eigenvalue weighted by Crippen LogP contribution is -2.25. The maximum Gasteiger partial charge on any atom is 0.251 e. The molecule has 0 aliphatic carbocycles. The molecule has 4 aromatic rings. The second-order valence-electron chi connectivity index (χ2n) is 7.81. The third kappa shape index (κ3) is 5.26. The summed E-state index contributed by atoms with van der Waals surface area (Å²) in [6.45, 7) is 5.35. The average Bonchev–Trinajstić information content (AvgIpc) is 3.22. The van der Waals surface area contributed by atoms with E-state index in [0.717, 1.165) is 41.0 Å². The van der Waals surface area contributed by atoms with E-state index in [2.05, 4.69) is 27.1 Å². The number of nitrogens with one attached hydrogen (secondary N) is 2. The van der Waals surface area contributed by atoms with Crippen LogP contribution < -0.4 is 15.4 Å². The number of ether oxygens (including phenoxy) is 1. The maximum absolute atomic E-state index is 12.7. The van der Waals surface area contributed by atoms with Gasteiger partial charge < -0.3 is 15.4 Å². The summed E-state index contributed by atoms with van der Waals surface area (Å²) in [5.41, 5.74) is 2.59. The second-order valence-corrected chi connectivity index (χ2v) is 8.61. The summed E-state index contributed by atoms with van der Waals surface area (Å²) in [5, 5.41) is 7.52. The van der Waals surface area contributed by atoms with Gasteiger partial charge in [0.25, 0.3) is 5.91 Å². The van der Waals surface area contributed by atoms with E-state index >= 15 is 0 Å². The highest BCUT2D eigenvalue weighted by Gasteiger charge is 2.11. The number of rotatable bonds is 9. The van der Waals surface area contributed by atoms with Crippen LogP contribution in [0, 0.1) is 0 Å². The van der Waals surface area contributed by atoms with E-state index in [9.17, 15) is 4.79 Å². The minimum atomic E-state index is -0.0757. The summed E-state index contributed by atoms with van der Waals surface area (Å²) in [7, 11) is 0. The highest BCUT2D eigenvalue weighted by atomic mass is 32.1. The number of hydrogen-bond acceptors (Lipinski definition) is 5. The number of anilines is 1. The molecule has 6 heteroatoms. The number of carbonyl (C=O) groups excluding carboxylic acids is 1. The van der Waals surface area contributed by atoms with Gasteiger partial charge in [-0.2, -0.15) is 4.37 Å². The van der Waals surface area contributed by atoms with Gasteiger partial charge in [-0.1, -0.05) is 42.5 Å². The molecule has 164 valence electrons. The molecule has 0 radical (unpaired) electrons. The minimum Gasteiger partial charge on any atom is -0.490 e. The van der Waals surface area contributed by atoms with Gasteiger partial charge in [0.1, 0.15) is 11.6 Å². The van der Waals surface area contributed by atoms with Crippen molar-refractivity contribution in [1.29, 1.82) is 0 Å². The van der Waals surface area contributed by atoms with Gasteiger partial charge in [-0.25, -0.2) is 0 Å². The van der Waals surface area contributed by atoms with Crippen LogP contribution in [-0.4, -0.2) is 29.5 Å². The number of fused-ring (bicyclic) bond motifs is 1. The molecule has 1 amide bonds. The fourth-order valence-electron chi connectivity index (χ4n) is 3.50. The van der Waals surface area contributed by atoms with Crippen LogP contribution in [0.25, 0.3) is 21.2 Å². The van der Waals surface area contributed by atoms with E-state index in [1.165, 1.54) is 16.2 Å². The molecule has 0 aliphatic rings. The quantitative estimate of drug-likeness (QED) is 0.311. The molecule has 1 heterocycles. The molecule has 2 N–H and O–H groups in total. The molecular formula is C26H27N3O2S. The Morgan fingerprint density at radius 3 is 2.69 bits per heavy atom. The van der Waals surface area contributed by atoms with Crippen LogP contribution in [0.3, 0.4) is 0 Å². The zero-order chi connectivity index (χ0) is 22.3. The Bertz CT molecular complexity index is 1200. The molecule has 32 heavy (non-hydrogen) atoms. The lowest BCUT2D eigenvalue weighted by molar-refractivity contribution is 0.0953. The monoisotopic (exact) mass is 445 g/mol. The standard InChI is InChI=1S/C26H27N3O2S/c1-18(2)31-23-13-5-3-11-21(23)19-9-7-10-20(17-19)26(30)28-16-8-15-27-25-22-12-4-6-14-24(22)32-29-25/h3-7,9-14,17-18H,8,15-16H2,1-2H3,(H,27,29)(H,28,30). The second kappa shape index (κ2) is 10.3. The Morgan fingerprint density at radius 1 is 1.00 bits per heavy atom. The zero-order valence-electron chi connectivity index (χ0n) is 18.3. The topological polar surface area (TPSA) is 63.2 Å². The fraction of sp³-hybridized carbons (Fsp3) is 0.231. The Kier molecular flexibility index (Phi) is 7.02. The first-order valence-corrected chi connectivity index (χ1v) is 11.6. The summed E-state index contributed by atoms with van der Waals surface area (Å²) in [6, 6.07) is 23.8. The average molecular weight is 446 g/mol. The molecule has 0 fully saturated rings. The smallest absolute Gasteiger partial charge is 0.251 e. The number of amides is 1. The normalized spacial score (nSPS) is 11.0. The maximum atomic E-state index is 12.7. The molecule has 0 saturated carbocycles. The van der Waals surface area contributed by atoms with Crippen LogP contribution in [0.15, 0.2) is 72.8 Å². The summed E-state index contributed by atoms with van der Waals surface area (Å²) >= 11 is 1.49. The Labute approximate surface area is 192 Å². The first-order chi connectivity index (χ1) is 15.6. The van der Waals surface area contributed by atoms with Gasteiger partial charge in [-0.3, -0.25) is 4.79 Å². The number of nitrogens with zero attached hydrogens (tertiary/aromatic N) is 1. The molecule has 0 atom stereocenters. The Hall–Kier alpha value is -3.38. The van der Waals surface area contributed by atoms with Crippen molar-refractivity contribution in [3.05, 3.63) is 78.4 Å². The third-order valence-electron chi connectivity index (χ3n) is 4.99. The fourth-order valence-corrected chi connectivity index (χ4v) is 4.26. The van der Waals surface area contributed by atoms with Crippen molar-refractivity contribution in [2.45, 2.75) is 26.4 Å². The third-order valence-corrected chi connectivity index (χ3v) is 5.82. The molecule has 0 saturated heterocycles. The SMILES string of the molecule is CC(C)Oc1ccccc1-c1cccc(C(=O)NCCCNc2nsc3ccccc23)c1. The van der Waals surface area contributed by atoms with E-state index in [1.54, 1.807) is 0 Å². The molecule has 0 bridgehead atoms. The van der Waals surface area contributed by atoms with E-state index in [4.69, 9.17) is 4.74 Å². The molecule has 5 nitrogen and oxygen atoms in total. The minimum absolute atomic E-state index is 0.0757. The first kappa shape index (κ1) is 21.8. The molecule has 1 aromatic heterocycles. The van der Waals surface area contributed by atoms with E-state index in [0.29, 0.717) is 12.1 Å². The van der Waals surface area contributed by atoms with Gasteiger partial charge in [0.05, 0.1) is 10.8 Å². The highest BCUT2D eigenvalue weighted by Crippen LogP contribution is 2.31. The summed E-state index contributed by atoms with van der Waals surface area (Å²) < 4.78 is 11.6. The van der Waals surface area contributed by atoms with Crippen molar-refractivity contribution < 1.29 is 9.53 Å². The zero-order valence-corrected chi connectivity index (χ0v) is 19.1. The van der Waals surface area contributed by atoms with Crippen LogP contribution in [0.4, 0.5) is 5.82 Å². The van der Waals surface area contributed by atoms with Crippen molar-refractivity contribution in [2.75, 3.05) is 18.4 Å². The van der Waals surface area contributed by atoms with Crippen molar-refractivity contribution >= 4 is 33.3 Å². The lowest BCUT2D eigenvalue weighted by atomic mass is 10.0. The molecule has 0 aliphatic heterocycles. The van der Waals surface area contributed by atoms with Gasteiger partial charge in [0, 0.05) is 29.6 Å². The van der Waals surface area contributed by atoms with Gasteiger partial charge in [-0.05, 0) is 67.7 Å². The number of aromatic nitrogens is 1. The molecule has 4 rings (SSSR count). The molecule has 0 spiro atoms. The van der Waals surface area contributed by atoms with Crippen molar-refractivity contribution in [3.8, 4) is 16.9 Å². The van der Waals surface area contributed by atoms with Gasteiger partial charge >= 0.3 is 0 Å². The predicted octanol–water partition coefficient (Wildman–Crippen LogP) is 5.98. The van der Waals surface area contributed by atoms with Crippen molar-refractivity contribution in [3.63, 3.8) is 0 Å². The van der Waals surface area contributed by atoms with Gasteiger partial charge in [0.2, 0.25) is 0 Å². The number of benzene rings is 3. The summed E-state index contributed by atoms with van der Waals surface area (Å²) in [6.07, 6.45) is 0.890.